The summed E-state index contributed by atoms with van der Waals surface area (Å²) in [6, 6.07) is 4.85. The van der Waals surface area contributed by atoms with Gasteiger partial charge in [0.1, 0.15) is 5.82 Å². The maximum absolute atomic E-state index is 13.6. The average Bonchev–Trinajstić information content (AvgIpc) is 2.82. The lowest BCUT2D eigenvalue weighted by Gasteiger charge is -2.36. The van der Waals surface area contributed by atoms with Gasteiger partial charge in [-0.15, -0.1) is 0 Å². The van der Waals surface area contributed by atoms with Crippen LogP contribution in [-0.4, -0.2) is 6.54 Å². The van der Waals surface area contributed by atoms with Crippen LogP contribution in [0.25, 0.3) is 0 Å². The molecule has 0 aromatic heterocycles. The highest BCUT2D eigenvalue weighted by molar-refractivity contribution is 6.31. The van der Waals surface area contributed by atoms with Crippen LogP contribution in [0.5, 0.6) is 0 Å². The molecule has 1 nitrogen and oxygen atoms in total. The summed E-state index contributed by atoms with van der Waals surface area (Å²) in [5.74, 6) is -0.204. The molecule has 0 heterocycles. The third-order valence-electron chi connectivity index (χ3n) is 4.31. The molecule has 2 rings (SSSR count). The van der Waals surface area contributed by atoms with Gasteiger partial charge in [0.05, 0.1) is 0 Å². The summed E-state index contributed by atoms with van der Waals surface area (Å²) in [5.41, 5.74) is 1.10. The van der Waals surface area contributed by atoms with Crippen molar-refractivity contribution in [3.63, 3.8) is 0 Å². The van der Waals surface area contributed by atoms with Gasteiger partial charge in [0, 0.05) is 11.1 Å². The Morgan fingerprint density at radius 3 is 2.68 bits per heavy atom. The molecular formula is C16H23ClFN. The Labute approximate surface area is 120 Å². The zero-order chi connectivity index (χ0) is 13.9. The van der Waals surface area contributed by atoms with E-state index in [-0.39, 0.29) is 17.3 Å². The number of rotatable bonds is 5. The van der Waals surface area contributed by atoms with Crippen LogP contribution in [0.2, 0.25) is 5.02 Å². The van der Waals surface area contributed by atoms with Crippen molar-refractivity contribution in [2.45, 2.75) is 52.0 Å². The molecule has 106 valence electrons. The van der Waals surface area contributed by atoms with Gasteiger partial charge in [-0.3, -0.25) is 0 Å². The number of halogens is 2. The van der Waals surface area contributed by atoms with Gasteiger partial charge in [-0.05, 0) is 55.0 Å². The summed E-state index contributed by atoms with van der Waals surface area (Å²) in [6.07, 6.45) is 5.95. The molecule has 0 radical (unpaired) electrons. The lowest BCUT2D eigenvalue weighted by atomic mass is 9.77. The van der Waals surface area contributed by atoms with Gasteiger partial charge in [-0.1, -0.05) is 38.3 Å². The highest BCUT2D eigenvalue weighted by Crippen LogP contribution is 2.48. The Balaban J connectivity index is 2.33. The Kier molecular flexibility index (Phi) is 4.86. The first-order chi connectivity index (χ1) is 9.07. The summed E-state index contributed by atoms with van der Waals surface area (Å²) in [7, 11) is 0. The molecule has 0 amide bonds. The number of hydrogen-bond donors (Lipinski definition) is 1. The molecule has 1 fully saturated rings. The average molecular weight is 284 g/mol. The van der Waals surface area contributed by atoms with E-state index in [0.29, 0.717) is 5.02 Å². The quantitative estimate of drug-likeness (QED) is 0.793. The highest BCUT2D eigenvalue weighted by Gasteiger charge is 2.38. The molecule has 0 aliphatic heterocycles. The van der Waals surface area contributed by atoms with Gasteiger partial charge in [-0.25, -0.2) is 4.39 Å². The van der Waals surface area contributed by atoms with E-state index in [1.54, 1.807) is 12.1 Å². The predicted octanol–water partition coefficient (Wildman–Crippen LogP) is 5.10. The minimum atomic E-state index is -0.204. The first kappa shape index (κ1) is 14.8. The van der Waals surface area contributed by atoms with Crippen molar-refractivity contribution in [2.24, 2.45) is 5.41 Å². The molecule has 1 aromatic carbocycles. The van der Waals surface area contributed by atoms with Crippen LogP contribution in [0.3, 0.4) is 0 Å². The summed E-state index contributed by atoms with van der Waals surface area (Å²) in [4.78, 5) is 0. The largest absolute Gasteiger partial charge is 0.309 e. The van der Waals surface area contributed by atoms with Crippen LogP contribution in [0, 0.1) is 11.2 Å². The van der Waals surface area contributed by atoms with Crippen molar-refractivity contribution in [3.8, 4) is 0 Å². The van der Waals surface area contributed by atoms with E-state index in [0.717, 1.165) is 18.5 Å². The van der Waals surface area contributed by atoms with E-state index < -0.39 is 0 Å². The van der Waals surface area contributed by atoms with Gasteiger partial charge in [-0.2, -0.15) is 0 Å². The Hall–Kier alpha value is -0.600. The molecule has 1 unspecified atom stereocenters. The lowest BCUT2D eigenvalue weighted by Crippen LogP contribution is -2.35. The zero-order valence-corrected chi connectivity index (χ0v) is 12.6. The second kappa shape index (κ2) is 6.23. The van der Waals surface area contributed by atoms with Gasteiger partial charge >= 0.3 is 0 Å². The van der Waals surface area contributed by atoms with E-state index >= 15 is 0 Å². The smallest absolute Gasteiger partial charge is 0.123 e. The first-order valence-corrected chi connectivity index (χ1v) is 7.63. The van der Waals surface area contributed by atoms with Crippen LogP contribution in [0.4, 0.5) is 4.39 Å². The maximum atomic E-state index is 13.6. The van der Waals surface area contributed by atoms with Crippen molar-refractivity contribution < 1.29 is 4.39 Å². The number of benzene rings is 1. The normalized spacial score (nSPS) is 19.6. The molecule has 3 heteroatoms. The van der Waals surface area contributed by atoms with Crippen molar-refractivity contribution in [2.75, 3.05) is 6.54 Å². The SMILES string of the molecule is CCCNC(c1cc(F)ccc1Cl)C1(C)CCCC1. The van der Waals surface area contributed by atoms with Crippen LogP contribution >= 0.6 is 11.6 Å². The minimum Gasteiger partial charge on any atom is -0.309 e. The van der Waals surface area contributed by atoms with E-state index in [2.05, 4.69) is 19.2 Å². The topological polar surface area (TPSA) is 12.0 Å². The fourth-order valence-corrected chi connectivity index (χ4v) is 3.45. The number of hydrogen-bond acceptors (Lipinski definition) is 1. The van der Waals surface area contributed by atoms with E-state index in [1.807, 2.05) is 0 Å². The molecule has 1 aromatic rings. The lowest BCUT2D eigenvalue weighted by molar-refractivity contribution is 0.223. The minimum absolute atomic E-state index is 0.151. The third-order valence-corrected chi connectivity index (χ3v) is 4.65. The molecule has 19 heavy (non-hydrogen) atoms. The van der Waals surface area contributed by atoms with Gasteiger partial charge in [0.15, 0.2) is 0 Å². The Morgan fingerprint density at radius 1 is 1.37 bits per heavy atom. The van der Waals surface area contributed by atoms with E-state index in [1.165, 1.54) is 31.7 Å². The maximum Gasteiger partial charge on any atom is 0.123 e. The van der Waals surface area contributed by atoms with Gasteiger partial charge in [0.25, 0.3) is 0 Å². The van der Waals surface area contributed by atoms with Crippen LogP contribution < -0.4 is 5.32 Å². The monoisotopic (exact) mass is 283 g/mol. The molecule has 0 spiro atoms. The summed E-state index contributed by atoms with van der Waals surface area (Å²) >= 11 is 6.30. The fourth-order valence-electron chi connectivity index (χ4n) is 3.23. The fraction of sp³-hybridized carbons (Fsp3) is 0.625. The second-order valence-electron chi connectivity index (χ2n) is 5.91. The van der Waals surface area contributed by atoms with Crippen molar-refractivity contribution in [3.05, 3.63) is 34.6 Å². The van der Waals surface area contributed by atoms with Crippen molar-refractivity contribution in [1.29, 1.82) is 0 Å². The van der Waals surface area contributed by atoms with E-state index in [9.17, 15) is 4.39 Å². The standard InChI is InChI=1S/C16H23ClFN/c1-3-10-19-15(16(2)8-4-5-9-16)13-11-12(18)6-7-14(13)17/h6-7,11,15,19H,3-5,8-10H2,1-2H3. The molecular weight excluding hydrogens is 261 g/mol. The third kappa shape index (κ3) is 3.29. The van der Waals surface area contributed by atoms with E-state index in [4.69, 9.17) is 11.6 Å². The molecule has 1 N–H and O–H groups in total. The summed E-state index contributed by atoms with van der Waals surface area (Å²) in [5, 5.41) is 4.25. The summed E-state index contributed by atoms with van der Waals surface area (Å²) in [6.45, 7) is 5.38. The summed E-state index contributed by atoms with van der Waals surface area (Å²) < 4.78 is 13.6. The first-order valence-electron chi connectivity index (χ1n) is 7.25. The zero-order valence-electron chi connectivity index (χ0n) is 11.8. The van der Waals surface area contributed by atoms with Crippen LogP contribution in [0.1, 0.15) is 57.6 Å². The Morgan fingerprint density at radius 2 is 2.05 bits per heavy atom. The molecule has 1 atom stereocenters. The molecule has 1 saturated carbocycles. The van der Waals surface area contributed by atoms with Crippen molar-refractivity contribution in [1.82, 2.24) is 5.32 Å². The Bertz CT molecular complexity index is 427. The predicted molar refractivity (Wildman–Crippen MR) is 79.0 cm³/mol. The van der Waals surface area contributed by atoms with Crippen LogP contribution in [0.15, 0.2) is 18.2 Å². The number of nitrogens with one attached hydrogen (secondary N) is 1. The molecule has 0 bridgehead atoms. The molecule has 1 aliphatic carbocycles. The molecule has 1 aliphatic rings. The highest BCUT2D eigenvalue weighted by atomic mass is 35.5. The van der Waals surface area contributed by atoms with Gasteiger partial charge < -0.3 is 5.32 Å². The molecule has 0 saturated heterocycles. The second-order valence-corrected chi connectivity index (χ2v) is 6.32. The van der Waals surface area contributed by atoms with Crippen LogP contribution in [-0.2, 0) is 0 Å². The van der Waals surface area contributed by atoms with Gasteiger partial charge in [0.2, 0.25) is 0 Å². The van der Waals surface area contributed by atoms with Crippen molar-refractivity contribution >= 4 is 11.6 Å².